The first-order chi connectivity index (χ1) is 7.50. The molecule has 0 aliphatic heterocycles. The molecule has 0 aliphatic rings. The fourth-order valence-corrected chi connectivity index (χ4v) is 1.66. The molecule has 0 saturated carbocycles. The van der Waals surface area contributed by atoms with E-state index in [1.807, 2.05) is 0 Å². The molecular formula is C11H11BrF2O2. The smallest absolute Gasteiger partial charge is 0.303 e. The molecule has 0 aromatic heterocycles. The number of carbonyl (C=O) groups is 1. The third kappa shape index (κ3) is 3.89. The molecule has 1 rings (SSSR count). The van der Waals surface area contributed by atoms with Gasteiger partial charge in [0.15, 0.2) is 0 Å². The highest BCUT2D eigenvalue weighted by atomic mass is 79.9. The summed E-state index contributed by atoms with van der Waals surface area (Å²) < 4.78 is 26.5. The van der Waals surface area contributed by atoms with Crippen LogP contribution in [0, 0.1) is 11.6 Å². The SMILES string of the molecule is O=C(O)CCCCc1cc(F)c(Br)cc1F. The molecule has 2 nitrogen and oxygen atoms in total. The summed E-state index contributed by atoms with van der Waals surface area (Å²) in [6.45, 7) is 0. The minimum absolute atomic E-state index is 0.0562. The largest absolute Gasteiger partial charge is 0.481 e. The summed E-state index contributed by atoms with van der Waals surface area (Å²) in [6, 6.07) is 2.22. The normalized spacial score (nSPS) is 10.4. The predicted octanol–water partition coefficient (Wildman–Crippen LogP) is 3.52. The molecule has 0 bridgehead atoms. The standard InChI is InChI=1S/C11H11BrF2O2/c12-8-6-9(13)7(5-10(8)14)3-1-2-4-11(15)16/h5-6H,1-4H2,(H,15,16). The third-order valence-electron chi connectivity index (χ3n) is 2.18. The summed E-state index contributed by atoms with van der Waals surface area (Å²) in [4.78, 5) is 10.2. The second-order valence-electron chi connectivity index (χ2n) is 3.46. The van der Waals surface area contributed by atoms with Crippen LogP contribution in [0.5, 0.6) is 0 Å². The lowest BCUT2D eigenvalue weighted by molar-refractivity contribution is -0.137. The van der Waals surface area contributed by atoms with Gasteiger partial charge in [-0.2, -0.15) is 0 Å². The van der Waals surface area contributed by atoms with Crippen molar-refractivity contribution in [3.63, 3.8) is 0 Å². The van der Waals surface area contributed by atoms with Crippen LogP contribution in [0.4, 0.5) is 8.78 Å². The number of carboxylic acids is 1. The summed E-state index contributed by atoms with van der Waals surface area (Å²) in [5.41, 5.74) is 0.283. The van der Waals surface area contributed by atoms with Crippen LogP contribution in [0.2, 0.25) is 0 Å². The summed E-state index contributed by atoms with van der Waals surface area (Å²) in [7, 11) is 0. The summed E-state index contributed by atoms with van der Waals surface area (Å²) >= 11 is 2.89. The zero-order chi connectivity index (χ0) is 12.1. The van der Waals surface area contributed by atoms with Crippen LogP contribution in [0.3, 0.4) is 0 Å². The average molecular weight is 293 g/mol. The molecular weight excluding hydrogens is 282 g/mol. The van der Waals surface area contributed by atoms with Crippen molar-refractivity contribution in [3.05, 3.63) is 33.8 Å². The fraction of sp³-hybridized carbons (Fsp3) is 0.364. The molecule has 0 unspecified atom stereocenters. The van der Waals surface area contributed by atoms with Crippen molar-refractivity contribution >= 4 is 21.9 Å². The van der Waals surface area contributed by atoms with Crippen LogP contribution in [0.1, 0.15) is 24.8 Å². The van der Waals surface area contributed by atoms with Gasteiger partial charge in [0.05, 0.1) is 4.47 Å². The number of hydrogen-bond donors (Lipinski definition) is 1. The molecule has 0 heterocycles. The Hall–Kier alpha value is -0.970. The minimum atomic E-state index is -0.873. The number of halogens is 3. The summed E-state index contributed by atoms with van der Waals surface area (Å²) in [5.74, 6) is -1.85. The summed E-state index contributed by atoms with van der Waals surface area (Å²) in [6.07, 6.45) is 1.40. The maximum Gasteiger partial charge on any atom is 0.303 e. The van der Waals surface area contributed by atoms with E-state index >= 15 is 0 Å². The zero-order valence-corrected chi connectivity index (χ0v) is 10.1. The molecule has 0 saturated heterocycles. The second-order valence-corrected chi connectivity index (χ2v) is 4.31. The van der Waals surface area contributed by atoms with Crippen molar-refractivity contribution in [2.45, 2.75) is 25.7 Å². The summed E-state index contributed by atoms with van der Waals surface area (Å²) in [5, 5.41) is 8.41. The van der Waals surface area contributed by atoms with Gasteiger partial charge in [-0.05, 0) is 52.9 Å². The number of benzene rings is 1. The van der Waals surface area contributed by atoms with Crippen molar-refractivity contribution in [3.8, 4) is 0 Å². The number of unbranched alkanes of at least 4 members (excludes halogenated alkanes) is 1. The third-order valence-corrected chi connectivity index (χ3v) is 2.78. The van der Waals surface area contributed by atoms with Gasteiger partial charge in [-0.3, -0.25) is 4.79 Å². The first-order valence-electron chi connectivity index (χ1n) is 4.86. The van der Waals surface area contributed by atoms with Gasteiger partial charge in [0.1, 0.15) is 11.6 Å². The van der Waals surface area contributed by atoms with Crippen LogP contribution < -0.4 is 0 Å². The Morgan fingerprint density at radius 3 is 2.56 bits per heavy atom. The molecule has 0 amide bonds. The Labute approximate surface area is 100 Å². The Balaban J connectivity index is 2.54. The van der Waals surface area contributed by atoms with Crippen LogP contribution in [0.25, 0.3) is 0 Å². The number of aliphatic carboxylic acids is 1. The molecule has 0 aliphatic carbocycles. The number of rotatable bonds is 5. The molecule has 0 radical (unpaired) electrons. The monoisotopic (exact) mass is 292 g/mol. The van der Waals surface area contributed by atoms with Gasteiger partial charge in [0.2, 0.25) is 0 Å². The van der Waals surface area contributed by atoms with Gasteiger partial charge in [0, 0.05) is 6.42 Å². The van der Waals surface area contributed by atoms with Crippen molar-refractivity contribution in [2.75, 3.05) is 0 Å². The van der Waals surface area contributed by atoms with E-state index < -0.39 is 17.6 Å². The molecule has 1 aromatic rings. The van der Waals surface area contributed by atoms with E-state index in [0.717, 1.165) is 12.1 Å². The quantitative estimate of drug-likeness (QED) is 0.666. The van der Waals surface area contributed by atoms with E-state index in [1.54, 1.807) is 0 Å². The molecule has 16 heavy (non-hydrogen) atoms. The van der Waals surface area contributed by atoms with Crippen molar-refractivity contribution in [1.29, 1.82) is 0 Å². The highest BCUT2D eigenvalue weighted by molar-refractivity contribution is 9.10. The van der Waals surface area contributed by atoms with Gasteiger partial charge >= 0.3 is 5.97 Å². The Morgan fingerprint density at radius 1 is 1.25 bits per heavy atom. The highest BCUT2D eigenvalue weighted by Crippen LogP contribution is 2.21. The van der Waals surface area contributed by atoms with E-state index in [4.69, 9.17) is 5.11 Å². The topological polar surface area (TPSA) is 37.3 Å². The van der Waals surface area contributed by atoms with Gasteiger partial charge in [-0.15, -0.1) is 0 Å². The molecule has 0 fully saturated rings. The number of carboxylic acid groups (broad SMARTS) is 1. The fourth-order valence-electron chi connectivity index (χ4n) is 1.35. The Bertz CT molecular complexity index is 394. The van der Waals surface area contributed by atoms with E-state index in [9.17, 15) is 13.6 Å². The molecule has 1 N–H and O–H groups in total. The van der Waals surface area contributed by atoms with Gasteiger partial charge in [-0.1, -0.05) is 0 Å². The van der Waals surface area contributed by atoms with Gasteiger partial charge < -0.3 is 5.11 Å². The maximum atomic E-state index is 13.3. The Kier molecular flexibility index (Phi) is 4.86. The molecule has 0 spiro atoms. The first-order valence-corrected chi connectivity index (χ1v) is 5.65. The molecule has 0 atom stereocenters. The lowest BCUT2D eigenvalue weighted by Gasteiger charge is -2.04. The van der Waals surface area contributed by atoms with E-state index in [-0.39, 0.29) is 16.5 Å². The van der Waals surface area contributed by atoms with Gasteiger partial charge in [-0.25, -0.2) is 8.78 Å². The van der Waals surface area contributed by atoms with Crippen molar-refractivity contribution in [1.82, 2.24) is 0 Å². The van der Waals surface area contributed by atoms with E-state index in [0.29, 0.717) is 19.3 Å². The second kappa shape index (κ2) is 5.94. The molecule has 1 aromatic carbocycles. The first kappa shape index (κ1) is 13.1. The van der Waals surface area contributed by atoms with Crippen molar-refractivity contribution < 1.29 is 18.7 Å². The Morgan fingerprint density at radius 2 is 1.94 bits per heavy atom. The predicted molar refractivity (Wildman–Crippen MR) is 59.2 cm³/mol. The van der Waals surface area contributed by atoms with Crippen LogP contribution in [0.15, 0.2) is 16.6 Å². The van der Waals surface area contributed by atoms with E-state index in [2.05, 4.69) is 15.9 Å². The number of hydrogen-bond acceptors (Lipinski definition) is 1. The van der Waals surface area contributed by atoms with Crippen LogP contribution in [-0.4, -0.2) is 11.1 Å². The van der Waals surface area contributed by atoms with Crippen molar-refractivity contribution in [2.24, 2.45) is 0 Å². The molecule has 88 valence electrons. The lowest BCUT2D eigenvalue weighted by atomic mass is 10.1. The molecule has 5 heteroatoms. The van der Waals surface area contributed by atoms with Gasteiger partial charge in [0.25, 0.3) is 0 Å². The van der Waals surface area contributed by atoms with Crippen LogP contribution in [-0.2, 0) is 11.2 Å². The zero-order valence-electron chi connectivity index (χ0n) is 8.47. The van der Waals surface area contributed by atoms with Crippen LogP contribution >= 0.6 is 15.9 Å². The van der Waals surface area contributed by atoms with E-state index in [1.165, 1.54) is 0 Å². The lowest BCUT2D eigenvalue weighted by Crippen LogP contribution is -1.97. The maximum absolute atomic E-state index is 13.3. The average Bonchev–Trinajstić information content (AvgIpc) is 2.19. The highest BCUT2D eigenvalue weighted by Gasteiger charge is 2.08. The number of aryl methyl sites for hydroxylation is 1. The minimum Gasteiger partial charge on any atom is -0.481 e.